The number of H-pyrrole nitrogens is 1. The molecule has 2 fully saturated rings. The van der Waals surface area contributed by atoms with Crippen LogP contribution < -0.4 is 11.2 Å². The fourth-order valence-electron chi connectivity index (χ4n) is 6.75. The van der Waals surface area contributed by atoms with Crippen molar-refractivity contribution in [2.75, 3.05) is 32.3 Å². The van der Waals surface area contributed by atoms with Crippen molar-refractivity contribution in [1.29, 1.82) is 0 Å². The zero-order valence-electron chi connectivity index (χ0n) is 24.8. The van der Waals surface area contributed by atoms with Gasteiger partial charge in [-0.05, 0) is 47.7 Å². The first-order valence-corrected chi connectivity index (χ1v) is 18.0. The van der Waals surface area contributed by atoms with Crippen LogP contribution in [0.2, 0.25) is 0 Å². The molecule has 2 aliphatic heterocycles. The SMILES string of the molecule is Cc1cn(C2CN(C(c3ccccc3)(c3ccccc3)c3ccccc3)CC(CN3CCCCCP3(=O)Cl)O2)c(=O)[nH]c1=O. The molecule has 2 aliphatic rings. The highest BCUT2D eigenvalue weighted by molar-refractivity contribution is 7.87. The Balaban J connectivity index is 1.53. The van der Waals surface area contributed by atoms with Gasteiger partial charge in [-0.15, -0.1) is 0 Å². The molecule has 2 saturated heterocycles. The predicted molar refractivity (Wildman–Crippen MR) is 175 cm³/mol. The Morgan fingerprint density at radius 2 is 1.43 bits per heavy atom. The summed E-state index contributed by atoms with van der Waals surface area (Å²) >= 11 is 6.71. The van der Waals surface area contributed by atoms with Gasteiger partial charge in [-0.2, -0.15) is 0 Å². The van der Waals surface area contributed by atoms with Crippen LogP contribution in [0.3, 0.4) is 0 Å². The van der Waals surface area contributed by atoms with Crippen molar-refractivity contribution in [3.05, 3.63) is 140 Å². The van der Waals surface area contributed by atoms with Gasteiger partial charge in [0.25, 0.3) is 5.56 Å². The molecule has 0 saturated carbocycles. The van der Waals surface area contributed by atoms with E-state index in [2.05, 4.69) is 46.3 Å². The van der Waals surface area contributed by atoms with Crippen molar-refractivity contribution in [2.45, 2.75) is 44.1 Å². The van der Waals surface area contributed by atoms with Crippen molar-refractivity contribution in [3.63, 3.8) is 0 Å². The van der Waals surface area contributed by atoms with E-state index in [4.69, 9.17) is 16.0 Å². The molecule has 230 valence electrons. The first-order valence-electron chi connectivity index (χ1n) is 15.2. The predicted octanol–water partition coefficient (Wildman–Crippen LogP) is 5.95. The summed E-state index contributed by atoms with van der Waals surface area (Å²) in [6, 6.07) is 31.1. The van der Waals surface area contributed by atoms with E-state index in [-0.39, 0.29) is 0 Å². The second-order valence-corrected chi connectivity index (χ2v) is 15.5. The molecule has 0 aliphatic carbocycles. The zero-order chi connectivity index (χ0) is 30.7. The maximum Gasteiger partial charge on any atom is 0.330 e. The Hall–Kier alpha value is -3.26. The quantitative estimate of drug-likeness (QED) is 0.200. The second-order valence-electron chi connectivity index (χ2n) is 11.7. The number of rotatable bonds is 7. The molecular weight excluding hydrogens is 595 g/mol. The van der Waals surface area contributed by atoms with Crippen molar-refractivity contribution < 1.29 is 9.30 Å². The molecule has 44 heavy (non-hydrogen) atoms. The number of halogens is 1. The molecular formula is C34H38ClN4O4P. The first kappa shape index (κ1) is 30.8. The second kappa shape index (κ2) is 13.0. The van der Waals surface area contributed by atoms with Crippen molar-refractivity contribution in [2.24, 2.45) is 0 Å². The van der Waals surface area contributed by atoms with Crippen molar-refractivity contribution >= 4 is 17.9 Å². The average molecular weight is 633 g/mol. The maximum atomic E-state index is 13.6. The van der Waals surface area contributed by atoms with Crippen LogP contribution in [0, 0.1) is 6.92 Å². The number of hydrogen-bond donors (Lipinski definition) is 1. The van der Waals surface area contributed by atoms with Crippen molar-refractivity contribution in [1.82, 2.24) is 19.1 Å². The molecule has 0 radical (unpaired) electrons. The fourth-order valence-corrected chi connectivity index (χ4v) is 9.28. The summed E-state index contributed by atoms with van der Waals surface area (Å²) in [5, 5.41) is 0. The highest BCUT2D eigenvalue weighted by Crippen LogP contribution is 2.57. The van der Waals surface area contributed by atoms with Crippen LogP contribution in [-0.4, -0.2) is 57.6 Å². The minimum absolute atomic E-state index is 0.346. The van der Waals surface area contributed by atoms with E-state index in [0.717, 1.165) is 36.0 Å². The Morgan fingerprint density at radius 3 is 2.00 bits per heavy atom. The van der Waals surface area contributed by atoms with E-state index in [1.54, 1.807) is 13.1 Å². The lowest BCUT2D eigenvalue weighted by atomic mass is 9.75. The van der Waals surface area contributed by atoms with Gasteiger partial charge in [0.05, 0.1) is 11.6 Å². The van der Waals surface area contributed by atoms with E-state index in [1.165, 1.54) is 4.57 Å². The largest absolute Gasteiger partial charge is 0.351 e. The lowest BCUT2D eigenvalue weighted by Crippen LogP contribution is -2.59. The van der Waals surface area contributed by atoms with E-state index in [1.807, 2.05) is 59.3 Å². The number of aromatic nitrogens is 2. The molecule has 0 amide bonds. The lowest BCUT2D eigenvalue weighted by molar-refractivity contribution is -0.141. The number of nitrogens with one attached hydrogen (secondary N) is 1. The van der Waals surface area contributed by atoms with E-state index >= 15 is 0 Å². The normalized spacial score (nSPS) is 23.7. The first-order chi connectivity index (χ1) is 21.3. The molecule has 1 aromatic heterocycles. The molecule has 0 spiro atoms. The molecule has 3 aromatic carbocycles. The van der Waals surface area contributed by atoms with Crippen molar-refractivity contribution in [3.8, 4) is 0 Å². The smallest absolute Gasteiger partial charge is 0.330 e. The molecule has 3 heterocycles. The van der Waals surface area contributed by atoms with Gasteiger partial charge in [-0.1, -0.05) is 97.4 Å². The highest BCUT2D eigenvalue weighted by Gasteiger charge is 2.47. The van der Waals surface area contributed by atoms with Gasteiger partial charge in [0.1, 0.15) is 0 Å². The third kappa shape index (κ3) is 6.02. The molecule has 10 heteroatoms. The monoisotopic (exact) mass is 632 g/mol. The van der Waals surface area contributed by atoms with Gasteiger partial charge >= 0.3 is 5.69 Å². The van der Waals surface area contributed by atoms with Gasteiger partial charge in [0.15, 0.2) is 6.23 Å². The summed E-state index contributed by atoms with van der Waals surface area (Å²) in [4.78, 5) is 30.4. The topological polar surface area (TPSA) is 87.6 Å². The molecule has 4 aromatic rings. The molecule has 0 bridgehead atoms. The van der Waals surface area contributed by atoms with Crippen LogP contribution in [0.5, 0.6) is 0 Å². The van der Waals surface area contributed by atoms with Crippen LogP contribution in [0.25, 0.3) is 0 Å². The fraction of sp³-hybridized carbons (Fsp3) is 0.353. The molecule has 1 N–H and O–H groups in total. The Morgan fingerprint density at radius 1 is 0.864 bits per heavy atom. The van der Waals surface area contributed by atoms with E-state index < -0.39 is 35.8 Å². The number of morpholine rings is 1. The summed E-state index contributed by atoms with van der Waals surface area (Å²) in [5.41, 5.74) is 1.91. The Kier molecular flexibility index (Phi) is 9.08. The van der Waals surface area contributed by atoms with Gasteiger partial charge < -0.3 is 4.74 Å². The summed E-state index contributed by atoms with van der Waals surface area (Å²) < 4.78 is 23.7. The number of nitrogens with zero attached hydrogens (tertiary/aromatic N) is 3. The average Bonchev–Trinajstić information content (AvgIpc) is 3.20. The number of aromatic amines is 1. The number of benzene rings is 3. The van der Waals surface area contributed by atoms with E-state index in [9.17, 15) is 14.2 Å². The van der Waals surface area contributed by atoms with Crippen LogP contribution in [0.15, 0.2) is 107 Å². The number of hydrogen-bond acceptors (Lipinski definition) is 5. The van der Waals surface area contributed by atoms with E-state index in [0.29, 0.717) is 37.9 Å². The molecule has 8 nitrogen and oxygen atoms in total. The number of ether oxygens (including phenoxy) is 1. The summed E-state index contributed by atoms with van der Waals surface area (Å²) in [7, 11) is 0. The van der Waals surface area contributed by atoms with Gasteiger partial charge in [0.2, 0.25) is 6.65 Å². The summed E-state index contributed by atoms with van der Waals surface area (Å²) in [5.74, 6) is 0. The summed E-state index contributed by atoms with van der Waals surface area (Å²) in [6.07, 6.45) is 3.61. The number of aryl methyl sites for hydroxylation is 1. The van der Waals surface area contributed by atoms with Crippen LogP contribution in [0.1, 0.15) is 47.7 Å². The van der Waals surface area contributed by atoms with Gasteiger partial charge in [-0.25, -0.2) is 9.46 Å². The zero-order valence-corrected chi connectivity index (χ0v) is 26.5. The third-order valence-electron chi connectivity index (χ3n) is 8.84. The molecule has 6 rings (SSSR count). The highest BCUT2D eigenvalue weighted by atomic mass is 35.7. The standard InChI is InChI=1S/C34H38ClN4O4P/c1-26-22-39(33(41)36-32(26)40)31-25-37(23-30(43-31)24-38-20-12-5-13-21-44(38,35)42)34(27-14-6-2-7-15-27,28-16-8-3-9-17-28)29-18-10-4-11-19-29/h2-4,6-11,14-19,22,30-31H,5,12-13,20-21,23-25H2,1H3,(H,36,40,41). The van der Waals surface area contributed by atoms with Crippen LogP contribution in [-0.2, 0) is 14.8 Å². The maximum absolute atomic E-state index is 13.6. The molecule has 3 atom stereocenters. The minimum Gasteiger partial charge on any atom is -0.351 e. The van der Waals surface area contributed by atoms with Gasteiger partial charge in [-0.3, -0.25) is 23.8 Å². The van der Waals surface area contributed by atoms with Gasteiger partial charge in [0, 0.05) is 44.1 Å². The Bertz CT molecular complexity index is 1630. The minimum atomic E-state index is -3.07. The lowest BCUT2D eigenvalue weighted by Gasteiger charge is -2.51. The van der Waals surface area contributed by atoms with Crippen LogP contribution >= 0.6 is 17.9 Å². The summed E-state index contributed by atoms with van der Waals surface area (Å²) in [6.45, 7) is 0.432. The Labute approximate surface area is 262 Å². The molecule has 3 unspecified atom stereocenters. The van der Waals surface area contributed by atoms with Crippen LogP contribution in [0.4, 0.5) is 0 Å². The third-order valence-corrected chi connectivity index (χ3v) is 12.1.